The third kappa shape index (κ3) is 7.14. The minimum absolute atomic E-state index is 0.119. The van der Waals surface area contributed by atoms with Gasteiger partial charge in [0.15, 0.2) is 0 Å². The zero-order valence-electron chi connectivity index (χ0n) is 19.4. The Morgan fingerprint density at radius 3 is 2.50 bits per heavy atom. The summed E-state index contributed by atoms with van der Waals surface area (Å²) in [7, 11) is 0. The van der Waals surface area contributed by atoms with Crippen LogP contribution in [0.25, 0.3) is 0 Å². The predicted octanol–water partition coefficient (Wildman–Crippen LogP) is 1.55. The fourth-order valence-corrected chi connectivity index (χ4v) is 3.76. The van der Waals surface area contributed by atoms with Crippen LogP contribution in [0.1, 0.15) is 37.6 Å². The minimum Gasteiger partial charge on any atom is -0.480 e. The molecule has 1 saturated heterocycles. The lowest BCUT2D eigenvalue weighted by Crippen LogP contribution is -2.41. The lowest BCUT2D eigenvalue weighted by Gasteiger charge is -2.22. The number of aliphatic carboxylic acids is 1. The molecule has 2 heterocycles. The Morgan fingerprint density at radius 2 is 1.88 bits per heavy atom. The fraction of sp³-hybridized carbons (Fsp3) is 0.435. The number of amides is 2. The molecule has 34 heavy (non-hydrogen) atoms. The van der Waals surface area contributed by atoms with E-state index in [0.29, 0.717) is 18.5 Å². The highest BCUT2D eigenvalue weighted by Gasteiger charge is 2.35. The number of ether oxygens (including phenoxy) is 1. The molecular formula is C23H29N5O6. The summed E-state index contributed by atoms with van der Waals surface area (Å²) in [6.07, 6.45) is 1.36. The second kappa shape index (κ2) is 10.5. The topological polar surface area (TPSA) is 143 Å². The van der Waals surface area contributed by atoms with Gasteiger partial charge in [0.2, 0.25) is 0 Å². The van der Waals surface area contributed by atoms with Crippen LogP contribution in [-0.2, 0) is 16.1 Å². The highest BCUT2D eigenvalue weighted by Crippen LogP contribution is 2.20. The quantitative estimate of drug-likeness (QED) is 0.552. The van der Waals surface area contributed by atoms with Crippen LogP contribution in [0.3, 0.4) is 0 Å². The third-order valence-electron chi connectivity index (χ3n) is 5.15. The van der Waals surface area contributed by atoms with Crippen molar-refractivity contribution in [3.8, 4) is 0 Å². The first kappa shape index (κ1) is 24.9. The predicted molar refractivity (Wildman–Crippen MR) is 124 cm³/mol. The number of carboxylic acid groups (broad SMARTS) is 1. The van der Waals surface area contributed by atoms with Crippen LogP contribution in [-0.4, -0.2) is 68.3 Å². The molecule has 3 rings (SSSR count). The van der Waals surface area contributed by atoms with E-state index in [2.05, 4.69) is 15.6 Å². The number of likely N-dealkylation sites (tertiary alicyclic amines) is 1. The van der Waals surface area contributed by atoms with Gasteiger partial charge in [-0.3, -0.25) is 19.1 Å². The summed E-state index contributed by atoms with van der Waals surface area (Å²) in [6.45, 7) is 5.52. The third-order valence-corrected chi connectivity index (χ3v) is 5.15. The van der Waals surface area contributed by atoms with E-state index in [1.807, 2.05) is 0 Å². The Kier molecular flexibility index (Phi) is 7.67. The maximum Gasteiger partial charge on any atom is 0.407 e. The lowest BCUT2D eigenvalue weighted by molar-refractivity contribution is -0.138. The van der Waals surface area contributed by atoms with Gasteiger partial charge in [0.1, 0.15) is 11.4 Å². The zero-order chi connectivity index (χ0) is 24.9. The molecule has 2 atom stereocenters. The average Bonchev–Trinajstić information content (AvgIpc) is 3.08. The number of benzene rings is 1. The van der Waals surface area contributed by atoms with E-state index >= 15 is 0 Å². The van der Waals surface area contributed by atoms with Crippen molar-refractivity contribution < 1.29 is 24.2 Å². The summed E-state index contributed by atoms with van der Waals surface area (Å²) in [5, 5.41) is 14.6. The van der Waals surface area contributed by atoms with Gasteiger partial charge in [-0.2, -0.15) is 4.98 Å². The number of carbonyl (C=O) groups is 3. The maximum atomic E-state index is 12.6. The van der Waals surface area contributed by atoms with Gasteiger partial charge in [-0.05, 0) is 45.4 Å². The van der Waals surface area contributed by atoms with Gasteiger partial charge in [-0.25, -0.2) is 9.59 Å². The summed E-state index contributed by atoms with van der Waals surface area (Å²) >= 11 is 0. The van der Waals surface area contributed by atoms with Gasteiger partial charge in [0.05, 0.1) is 6.54 Å². The van der Waals surface area contributed by atoms with Crippen LogP contribution in [0, 0.1) is 0 Å². The van der Waals surface area contributed by atoms with Crippen molar-refractivity contribution in [1.29, 1.82) is 0 Å². The SMILES string of the molecule is CC(C)(C)OC(=O)N[C@H]1C[C@H](Cn2ccc(NC(=O)c3ccccc3)nc2=O)N(CC(=O)O)C1. The number of aromatic nitrogens is 2. The smallest absolute Gasteiger partial charge is 0.407 e. The highest BCUT2D eigenvalue weighted by molar-refractivity contribution is 6.03. The summed E-state index contributed by atoms with van der Waals surface area (Å²) in [5.41, 5.74) is -0.795. The number of hydrogen-bond donors (Lipinski definition) is 3. The van der Waals surface area contributed by atoms with Gasteiger partial charge in [-0.1, -0.05) is 18.2 Å². The number of hydrogen-bond acceptors (Lipinski definition) is 7. The monoisotopic (exact) mass is 471 g/mol. The van der Waals surface area contributed by atoms with E-state index in [1.165, 1.54) is 16.8 Å². The molecule has 182 valence electrons. The molecular weight excluding hydrogens is 442 g/mol. The van der Waals surface area contributed by atoms with Gasteiger partial charge in [0.25, 0.3) is 5.91 Å². The first-order valence-electron chi connectivity index (χ1n) is 10.9. The van der Waals surface area contributed by atoms with Crippen molar-refractivity contribution in [1.82, 2.24) is 19.8 Å². The van der Waals surface area contributed by atoms with Crippen molar-refractivity contribution in [2.75, 3.05) is 18.4 Å². The molecule has 0 aliphatic carbocycles. The number of carbonyl (C=O) groups excluding carboxylic acids is 2. The lowest BCUT2D eigenvalue weighted by atomic mass is 10.1. The molecule has 1 fully saturated rings. The molecule has 0 saturated carbocycles. The fourth-order valence-electron chi connectivity index (χ4n) is 3.76. The Hall–Kier alpha value is -3.73. The van der Waals surface area contributed by atoms with Crippen molar-refractivity contribution in [2.45, 2.75) is 51.4 Å². The minimum atomic E-state index is -1.01. The van der Waals surface area contributed by atoms with Crippen LogP contribution in [0.15, 0.2) is 47.4 Å². The van der Waals surface area contributed by atoms with Crippen molar-refractivity contribution in [3.05, 3.63) is 58.6 Å². The molecule has 0 radical (unpaired) electrons. The van der Waals surface area contributed by atoms with Gasteiger partial charge in [0, 0.05) is 36.9 Å². The van der Waals surface area contributed by atoms with Crippen molar-refractivity contribution in [2.24, 2.45) is 0 Å². The van der Waals surface area contributed by atoms with Crippen LogP contribution >= 0.6 is 0 Å². The van der Waals surface area contributed by atoms with Crippen LogP contribution in [0.4, 0.5) is 10.6 Å². The van der Waals surface area contributed by atoms with E-state index in [-0.39, 0.29) is 36.9 Å². The standard InChI is InChI=1S/C23H29N5O6/c1-23(2,3)34-22(33)24-16-11-17(28(12-16)14-19(29)30)13-27-10-9-18(26-21(27)32)25-20(31)15-7-5-4-6-8-15/h4-10,16-17H,11-14H2,1-3H3,(H,24,33)(H,29,30)(H,25,26,31,32)/t16-,17+/m0/s1. The van der Waals surface area contributed by atoms with E-state index in [4.69, 9.17) is 4.74 Å². The normalized spacial score (nSPS) is 18.3. The second-order valence-electron chi connectivity index (χ2n) is 9.12. The van der Waals surface area contributed by atoms with Crippen LogP contribution < -0.4 is 16.3 Å². The van der Waals surface area contributed by atoms with E-state index in [9.17, 15) is 24.3 Å². The number of rotatable bonds is 7. The molecule has 1 aliphatic rings. The first-order chi connectivity index (χ1) is 16.0. The number of nitrogens with zero attached hydrogens (tertiary/aromatic N) is 3. The molecule has 1 aliphatic heterocycles. The second-order valence-corrected chi connectivity index (χ2v) is 9.12. The maximum absolute atomic E-state index is 12.6. The number of anilines is 1. The van der Waals surface area contributed by atoms with Crippen LogP contribution in [0.5, 0.6) is 0 Å². The Bertz CT molecular complexity index is 1100. The van der Waals surface area contributed by atoms with Gasteiger partial charge < -0.3 is 20.5 Å². The van der Waals surface area contributed by atoms with E-state index < -0.39 is 23.4 Å². The summed E-state index contributed by atoms with van der Waals surface area (Å²) in [4.78, 5) is 53.9. The summed E-state index contributed by atoms with van der Waals surface area (Å²) in [6, 6.07) is 9.42. The Morgan fingerprint density at radius 1 is 1.18 bits per heavy atom. The molecule has 2 aromatic rings. The first-order valence-corrected chi connectivity index (χ1v) is 10.9. The average molecular weight is 472 g/mol. The zero-order valence-corrected chi connectivity index (χ0v) is 19.4. The number of carboxylic acids is 1. The molecule has 0 unspecified atom stereocenters. The molecule has 0 bridgehead atoms. The molecule has 1 aromatic carbocycles. The van der Waals surface area contributed by atoms with Gasteiger partial charge in [-0.15, -0.1) is 0 Å². The van der Waals surface area contributed by atoms with Crippen molar-refractivity contribution >= 4 is 23.8 Å². The summed E-state index contributed by atoms with van der Waals surface area (Å²) in [5.74, 6) is -1.27. The van der Waals surface area contributed by atoms with Crippen LogP contribution in [0.2, 0.25) is 0 Å². The number of alkyl carbamates (subject to hydrolysis) is 1. The molecule has 3 N–H and O–H groups in total. The molecule has 11 nitrogen and oxygen atoms in total. The van der Waals surface area contributed by atoms with Gasteiger partial charge >= 0.3 is 17.8 Å². The molecule has 0 spiro atoms. The summed E-state index contributed by atoms with van der Waals surface area (Å²) < 4.78 is 6.64. The largest absolute Gasteiger partial charge is 0.480 e. The Labute approximate surface area is 196 Å². The van der Waals surface area contributed by atoms with E-state index in [1.54, 1.807) is 56.0 Å². The van der Waals surface area contributed by atoms with E-state index in [0.717, 1.165) is 0 Å². The number of nitrogens with one attached hydrogen (secondary N) is 2. The van der Waals surface area contributed by atoms with Crippen molar-refractivity contribution in [3.63, 3.8) is 0 Å². The Balaban J connectivity index is 1.67. The molecule has 2 amide bonds. The molecule has 1 aromatic heterocycles. The molecule has 11 heteroatoms. The highest BCUT2D eigenvalue weighted by atomic mass is 16.6.